The molecule has 0 atom stereocenters. The normalized spacial score (nSPS) is 11.5. The van der Waals surface area contributed by atoms with E-state index in [9.17, 15) is 22.8 Å². The summed E-state index contributed by atoms with van der Waals surface area (Å²) in [6.45, 7) is 0. The molecule has 1 rings (SSSR count). The number of carboxylic acid groups (broad SMARTS) is 1. The third-order valence-corrected chi connectivity index (χ3v) is 1.85. The second kappa shape index (κ2) is 5.35. The Balaban J connectivity index is 3.18. The topological polar surface area (TPSA) is 63.6 Å². The van der Waals surface area contributed by atoms with Crippen LogP contribution in [0.2, 0.25) is 0 Å². The molecule has 0 aliphatic heterocycles. The number of halogens is 3. The highest BCUT2D eigenvalue weighted by Gasteiger charge is 2.32. The molecule has 0 saturated heterocycles. The van der Waals surface area contributed by atoms with Gasteiger partial charge in [0.15, 0.2) is 6.29 Å². The average Bonchev–Trinajstić information content (AvgIpc) is 2.24. The lowest BCUT2D eigenvalue weighted by atomic mass is 10.1. The van der Waals surface area contributed by atoms with Crippen LogP contribution < -0.4 is 4.74 Å². The van der Waals surface area contributed by atoms with Gasteiger partial charge in [-0.3, -0.25) is 4.79 Å². The maximum Gasteiger partial charge on any atom is 0.573 e. The largest absolute Gasteiger partial charge is 0.573 e. The van der Waals surface area contributed by atoms with E-state index in [0.29, 0.717) is 6.08 Å². The van der Waals surface area contributed by atoms with Gasteiger partial charge in [-0.25, -0.2) is 4.79 Å². The third kappa shape index (κ3) is 3.93. The number of benzene rings is 1. The van der Waals surface area contributed by atoms with Gasteiger partial charge in [0.25, 0.3) is 0 Å². The van der Waals surface area contributed by atoms with Crippen molar-refractivity contribution in [1.29, 1.82) is 0 Å². The summed E-state index contributed by atoms with van der Waals surface area (Å²) >= 11 is 0. The Hall–Kier alpha value is -2.31. The van der Waals surface area contributed by atoms with Gasteiger partial charge in [0.1, 0.15) is 5.75 Å². The van der Waals surface area contributed by atoms with Gasteiger partial charge in [-0.1, -0.05) is 12.1 Å². The van der Waals surface area contributed by atoms with Gasteiger partial charge in [0.2, 0.25) is 0 Å². The van der Waals surface area contributed by atoms with Crippen LogP contribution in [0.5, 0.6) is 5.75 Å². The zero-order valence-corrected chi connectivity index (χ0v) is 8.77. The smallest absolute Gasteiger partial charge is 0.478 e. The molecule has 0 radical (unpaired) electrons. The molecule has 0 unspecified atom stereocenters. The Morgan fingerprint density at radius 2 is 2.00 bits per heavy atom. The van der Waals surface area contributed by atoms with Gasteiger partial charge < -0.3 is 9.84 Å². The maximum atomic E-state index is 12.1. The van der Waals surface area contributed by atoms with Gasteiger partial charge in [-0.2, -0.15) is 0 Å². The second-order valence-electron chi connectivity index (χ2n) is 3.10. The molecule has 1 aromatic rings. The molecule has 18 heavy (non-hydrogen) atoms. The molecule has 96 valence electrons. The van der Waals surface area contributed by atoms with Crippen LogP contribution in [0.25, 0.3) is 6.08 Å². The van der Waals surface area contributed by atoms with E-state index >= 15 is 0 Å². The molecule has 0 aliphatic rings. The van der Waals surface area contributed by atoms with Crippen LogP contribution in [0.3, 0.4) is 0 Å². The van der Waals surface area contributed by atoms with E-state index in [-0.39, 0.29) is 17.4 Å². The van der Waals surface area contributed by atoms with Crippen molar-refractivity contribution in [1.82, 2.24) is 0 Å². The van der Waals surface area contributed by atoms with Crippen LogP contribution in [-0.2, 0) is 4.79 Å². The number of alkyl halides is 3. The number of aldehydes is 1. The minimum absolute atomic E-state index is 0.0224. The van der Waals surface area contributed by atoms with Gasteiger partial charge in [-0.05, 0) is 17.7 Å². The van der Waals surface area contributed by atoms with Crippen molar-refractivity contribution < 1.29 is 32.6 Å². The average molecular weight is 260 g/mol. The molecule has 1 N–H and O–H groups in total. The fourth-order valence-electron chi connectivity index (χ4n) is 1.21. The van der Waals surface area contributed by atoms with Crippen LogP contribution >= 0.6 is 0 Å². The van der Waals surface area contributed by atoms with Gasteiger partial charge >= 0.3 is 12.3 Å². The van der Waals surface area contributed by atoms with E-state index in [1.807, 2.05) is 0 Å². The number of ether oxygens (including phenoxy) is 1. The molecule has 4 nitrogen and oxygen atoms in total. The van der Waals surface area contributed by atoms with Crippen molar-refractivity contribution in [2.75, 3.05) is 0 Å². The molecular formula is C11H7F3O4. The third-order valence-electron chi connectivity index (χ3n) is 1.85. The number of carbonyl (C=O) groups is 2. The lowest BCUT2D eigenvalue weighted by Gasteiger charge is -2.11. The molecule has 0 heterocycles. The number of rotatable bonds is 4. The summed E-state index contributed by atoms with van der Waals surface area (Å²) in [5, 5.41) is 8.41. The van der Waals surface area contributed by atoms with E-state index in [1.54, 1.807) is 0 Å². The predicted molar refractivity (Wildman–Crippen MR) is 55.2 cm³/mol. The van der Waals surface area contributed by atoms with Gasteiger partial charge in [0.05, 0.1) is 5.56 Å². The monoisotopic (exact) mass is 260 g/mol. The molecule has 0 bridgehead atoms. The zero-order valence-electron chi connectivity index (χ0n) is 8.77. The second-order valence-corrected chi connectivity index (χ2v) is 3.10. The molecule has 0 aliphatic carbocycles. The Labute approximate surface area is 99.3 Å². The quantitative estimate of drug-likeness (QED) is 0.667. The summed E-state index contributed by atoms with van der Waals surface area (Å²) in [6.07, 6.45) is -3.04. The summed E-state index contributed by atoms with van der Waals surface area (Å²) in [5.41, 5.74) is -0.346. The number of carboxylic acids is 1. The van der Waals surface area contributed by atoms with Crippen LogP contribution in [0.15, 0.2) is 24.3 Å². The number of hydrogen-bond acceptors (Lipinski definition) is 3. The predicted octanol–water partition coefficient (Wildman–Crippen LogP) is 2.50. The first kappa shape index (κ1) is 13.8. The molecule has 7 heteroatoms. The molecule has 0 spiro atoms. The van der Waals surface area contributed by atoms with E-state index in [1.165, 1.54) is 12.1 Å². The minimum atomic E-state index is -4.92. The van der Waals surface area contributed by atoms with Crippen LogP contribution in [0.1, 0.15) is 15.9 Å². The molecular weight excluding hydrogens is 253 g/mol. The van der Waals surface area contributed by atoms with Gasteiger partial charge in [0, 0.05) is 6.08 Å². The summed E-state index contributed by atoms with van der Waals surface area (Å²) in [4.78, 5) is 21.0. The van der Waals surface area contributed by atoms with E-state index in [4.69, 9.17) is 5.11 Å². The highest BCUT2D eigenvalue weighted by Crippen LogP contribution is 2.28. The summed E-state index contributed by atoms with van der Waals surface area (Å²) in [5.74, 6) is -1.96. The first-order valence-corrected chi connectivity index (χ1v) is 4.58. The summed E-state index contributed by atoms with van der Waals surface area (Å²) < 4.78 is 39.8. The summed E-state index contributed by atoms with van der Waals surface area (Å²) in [6, 6.07) is 3.48. The maximum absolute atomic E-state index is 12.1. The first-order valence-electron chi connectivity index (χ1n) is 4.58. The van der Waals surface area contributed by atoms with Crippen molar-refractivity contribution in [3.05, 3.63) is 35.4 Å². The number of hydrogen-bond donors (Lipinski definition) is 1. The highest BCUT2D eigenvalue weighted by atomic mass is 19.4. The first-order chi connectivity index (χ1) is 8.33. The van der Waals surface area contributed by atoms with Crippen molar-refractivity contribution in [2.45, 2.75) is 6.36 Å². The van der Waals surface area contributed by atoms with Crippen molar-refractivity contribution in [3.63, 3.8) is 0 Å². The van der Waals surface area contributed by atoms with E-state index in [2.05, 4.69) is 4.74 Å². The molecule has 0 saturated carbocycles. The summed E-state index contributed by atoms with van der Waals surface area (Å²) in [7, 11) is 0. The Morgan fingerprint density at radius 3 is 2.50 bits per heavy atom. The standard InChI is InChI=1S/C11H7F3O4/c12-11(13,14)18-9-3-1-2-7(8(9)6-15)4-5-10(16)17/h1-6H,(H,16,17)/b5-4+. The lowest BCUT2D eigenvalue weighted by molar-refractivity contribution is -0.274. The number of aliphatic carboxylic acids is 1. The molecule has 0 aromatic heterocycles. The van der Waals surface area contributed by atoms with Gasteiger partial charge in [-0.15, -0.1) is 13.2 Å². The fourth-order valence-corrected chi connectivity index (χ4v) is 1.21. The lowest BCUT2D eigenvalue weighted by Crippen LogP contribution is -2.18. The van der Waals surface area contributed by atoms with Crippen LogP contribution in [-0.4, -0.2) is 23.7 Å². The Kier molecular flexibility index (Phi) is 4.09. The van der Waals surface area contributed by atoms with Crippen molar-refractivity contribution in [3.8, 4) is 5.75 Å². The highest BCUT2D eigenvalue weighted by molar-refractivity contribution is 5.90. The zero-order chi connectivity index (χ0) is 13.8. The Morgan fingerprint density at radius 1 is 1.33 bits per heavy atom. The molecule has 1 aromatic carbocycles. The minimum Gasteiger partial charge on any atom is -0.478 e. The SMILES string of the molecule is O=Cc1c(/C=C/C(=O)O)cccc1OC(F)(F)F. The van der Waals surface area contributed by atoms with Crippen LogP contribution in [0, 0.1) is 0 Å². The van der Waals surface area contributed by atoms with E-state index in [0.717, 1.165) is 12.1 Å². The Bertz CT molecular complexity index is 492. The van der Waals surface area contributed by atoms with Crippen molar-refractivity contribution >= 4 is 18.3 Å². The van der Waals surface area contributed by atoms with Crippen molar-refractivity contribution in [2.24, 2.45) is 0 Å². The molecule has 0 amide bonds. The number of carbonyl (C=O) groups excluding carboxylic acids is 1. The van der Waals surface area contributed by atoms with Crippen LogP contribution in [0.4, 0.5) is 13.2 Å². The fraction of sp³-hybridized carbons (Fsp3) is 0.0909. The van der Waals surface area contributed by atoms with E-state index < -0.39 is 18.1 Å². The molecule has 0 fully saturated rings.